The molecule has 1 aromatic rings. The van der Waals surface area contributed by atoms with Crippen LogP contribution in [0.4, 0.5) is 5.69 Å². The van der Waals surface area contributed by atoms with Gasteiger partial charge in [-0.3, -0.25) is 14.6 Å². The predicted octanol–water partition coefficient (Wildman–Crippen LogP) is 0.170. The Morgan fingerprint density at radius 3 is 2.41 bits per heavy atom. The molecule has 7 nitrogen and oxygen atoms in total. The monoisotopic (exact) mass is 305 g/mol. The third kappa shape index (κ3) is 4.42. The molecule has 0 atom stereocenters. The molecule has 0 aliphatic heterocycles. The van der Waals surface area contributed by atoms with E-state index in [9.17, 15) is 9.59 Å². The Kier molecular flexibility index (Phi) is 5.71. The summed E-state index contributed by atoms with van der Waals surface area (Å²) in [6, 6.07) is 1.89. The number of nitrogens with one attached hydrogen (secondary N) is 2. The molecule has 1 aliphatic rings. The number of hydrogen-bond acceptors (Lipinski definition) is 5. The van der Waals surface area contributed by atoms with Gasteiger partial charge in [-0.15, -0.1) is 0 Å². The number of hydrogen-bond donors (Lipinski definition) is 4. The molecule has 0 bridgehead atoms. The number of nitrogen functional groups attached to an aromatic ring is 1. The second-order valence-electron chi connectivity index (χ2n) is 5.59. The Labute approximate surface area is 129 Å². The molecule has 1 aromatic heterocycles. The van der Waals surface area contributed by atoms with Crippen LogP contribution in [0.5, 0.6) is 0 Å². The first kappa shape index (κ1) is 16.2. The molecule has 2 amide bonds. The van der Waals surface area contributed by atoms with E-state index in [1.807, 2.05) is 0 Å². The lowest BCUT2D eigenvalue weighted by Crippen LogP contribution is -2.44. The largest absolute Gasteiger partial charge is 0.398 e. The van der Waals surface area contributed by atoms with Gasteiger partial charge in [0.15, 0.2) is 0 Å². The Bertz CT molecular complexity index is 526. The second-order valence-corrected chi connectivity index (χ2v) is 5.59. The number of carbonyl (C=O) groups excluding carboxylic acids is 2. The third-order valence-corrected chi connectivity index (χ3v) is 3.90. The average Bonchev–Trinajstić information content (AvgIpc) is 2.50. The summed E-state index contributed by atoms with van der Waals surface area (Å²) in [5.74, 6) is -0.195. The van der Waals surface area contributed by atoms with Crippen LogP contribution in [0.1, 0.15) is 42.5 Å². The van der Waals surface area contributed by atoms with Crippen molar-refractivity contribution in [3.63, 3.8) is 0 Å². The van der Waals surface area contributed by atoms with Gasteiger partial charge in [-0.1, -0.05) is 0 Å². The van der Waals surface area contributed by atoms with E-state index >= 15 is 0 Å². The summed E-state index contributed by atoms with van der Waals surface area (Å²) in [5.41, 5.74) is 12.0. The number of nitrogens with zero attached hydrogens (tertiary/aromatic N) is 1. The Morgan fingerprint density at radius 2 is 1.82 bits per heavy atom. The molecule has 1 heterocycles. The topological polar surface area (TPSA) is 123 Å². The first-order chi connectivity index (χ1) is 10.6. The van der Waals surface area contributed by atoms with Gasteiger partial charge in [-0.05, 0) is 31.7 Å². The van der Waals surface area contributed by atoms with Crippen molar-refractivity contribution in [3.05, 3.63) is 24.0 Å². The normalized spacial score (nSPS) is 21.1. The smallest absolute Gasteiger partial charge is 0.255 e. The van der Waals surface area contributed by atoms with Crippen LogP contribution in [0.2, 0.25) is 0 Å². The maximum atomic E-state index is 12.2. The lowest BCUT2D eigenvalue weighted by Gasteiger charge is -2.29. The van der Waals surface area contributed by atoms with E-state index in [-0.39, 0.29) is 23.9 Å². The highest BCUT2D eigenvalue weighted by atomic mass is 16.2. The quantitative estimate of drug-likeness (QED) is 0.617. The van der Waals surface area contributed by atoms with Crippen LogP contribution < -0.4 is 22.1 Å². The molecule has 2 rings (SSSR count). The second kappa shape index (κ2) is 7.74. The molecule has 0 saturated heterocycles. The number of aromatic nitrogens is 1. The highest BCUT2D eigenvalue weighted by Crippen LogP contribution is 2.19. The molecule has 120 valence electrons. The lowest BCUT2D eigenvalue weighted by atomic mass is 9.91. The van der Waals surface area contributed by atoms with E-state index < -0.39 is 0 Å². The highest BCUT2D eigenvalue weighted by Gasteiger charge is 2.24. The Balaban J connectivity index is 1.79. The summed E-state index contributed by atoms with van der Waals surface area (Å²) >= 11 is 0. The zero-order valence-electron chi connectivity index (χ0n) is 12.5. The molecule has 0 unspecified atom stereocenters. The molecule has 7 heteroatoms. The summed E-state index contributed by atoms with van der Waals surface area (Å²) in [6.45, 7) is 0.365. The van der Waals surface area contributed by atoms with Crippen LogP contribution in [-0.2, 0) is 4.79 Å². The standard InChI is InChI=1S/C15H23N5O2/c16-7-5-14(21)19-10-1-3-11(4-2-10)20-15(22)12-9-18-8-6-13(12)17/h6,8-11H,1-5,7,16H2,(H2,17,18)(H,19,21)(H,20,22)/t10-,11-. The predicted molar refractivity (Wildman–Crippen MR) is 84.0 cm³/mol. The van der Waals surface area contributed by atoms with Crippen LogP contribution in [0, 0.1) is 0 Å². The van der Waals surface area contributed by atoms with E-state index in [0.29, 0.717) is 24.2 Å². The van der Waals surface area contributed by atoms with Crippen LogP contribution in [0.15, 0.2) is 18.5 Å². The van der Waals surface area contributed by atoms with Crippen molar-refractivity contribution >= 4 is 17.5 Å². The van der Waals surface area contributed by atoms with Crippen molar-refractivity contribution in [1.29, 1.82) is 0 Å². The highest BCUT2D eigenvalue weighted by molar-refractivity contribution is 5.98. The zero-order valence-corrected chi connectivity index (χ0v) is 12.5. The number of nitrogens with two attached hydrogens (primary N) is 2. The average molecular weight is 305 g/mol. The lowest BCUT2D eigenvalue weighted by molar-refractivity contribution is -0.121. The van der Waals surface area contributed by atoms with E-state index in [4.69, 9.17) is 11.5 Å². The van der Waals surface area contributed by atoms with Crippen molar-refractivity contribution < 1.29 is 9.59 Å². The molecular weight excluding hydrogens is 282 g/mol. The summed E-state index contributed by atoms with van der Waals surface area (Å²) in [4.78, 5) is 27.6. The fourth-order valence-corrected chi connectivity index (χ4v) is 2.67. The van der Waals surface area contributed by atoms with Gasteiger partial charge in [0.05, 0.1) is 5.56 Å². The minimum absolute atomic E-state index is 0.00174. The Hall–Kier alpha value is -2.15. The van der Waals surface area contributed by atoms with Crippen LogP contribution in [0.3, 0.4) is 0 Å². The van der Waals surface area contributed by atoms with E-state index in [2.05, 4.69) is 15.6 Å². The molecule has 0 radical (unpaired) electrons. The molecule has 1 fully saturated rings. The number of pyridine rings is 1. The van der Waals surface area contributed by atoms with E-state index in [1.54, 1.807) is 12.3 Å². The fraction of sp³-hybridized carbons (Fsp3) is 0.533. The zero-order chi connectivity index (χ0) is 15.9. The molecular formula is C15H23N5O2. The molecule has 22 heavy (non-hydrogen) atoms. The van der Waals surface area contributed by atoms with Gasteiger partial charge in [0.1, 0.15) is 0 Å². The summed E-state index contributed by atoms with van der Waals surface area (Å²) < 4.78 is 0. The maximum absolute atomic E-state index is 12.2. The number of carbonyl (C=O) groups is 2. The van der Waals surface area contributed by atoms with Crippen LogP contribution in [-0.4, -0.2) is 35.4 Å². The Morgan fingerprint density at radius 1 is 1.18 bits per heavy atom. The van der Waals surface area contributed by atoms with Crippen molar-refractivity contribution in [2.24, 2.45) is 5.73 Å². The van der Waals surface area contributed by atoms with Gasteiger partial charge in [0.2, 0.25) is 5.91 Å². The van der Waals surface area contributed by atoms with Crippen molar-refractivity contribution in [2.45, 2.75) is 44.2 Å². The van der Waals surface area contributed by atoms with Gasteiger partial charge in [0.25, 0.3) is 5.91 Å². The van der Waals surface area contributed by atoms with Crippen molar-refractivity contribution in [1.82, 2.24) is 15.6 Å². The van der Waals surface area contributed by atoms with Gasteiger partial charge in [-0.25, -0.2) is 0 Å². The molecule has 1 aliphatic carbocycles. The van der Waals surface area contributed by atoms with Gasteiger partial charge < -0.3 is 22.1 Å². The summed E-state index contributed by atoms with van der Waals surface area (Å²) in [7, 11) is 0. The van der Waals surface area contributed by atoms with Gasteiger partial charge in [-0.2, -0.15) is 0 Å². The van der Waals surface area contributed by atoms with Crippen molar-refractivity contribution in [2.75, 3.05) is 12.3 Å². The first-order valence-corrected chi connectivity index (χ1v) is 7.60. The van der Waals surface area contributed by atoms with Crippen LogP contribution in [0.25, 0.3) is 0 Å². The SMILES string of the molecule is NCCC(=O)N[C@H]1CC[C@H](NC(=O)c2cnccc2N)CC1. The minimum atomic E-state index is -0.193. The van der Waals surface area contributed by atoms with Gasteiger partial charge >= 0.3 is 0 Å². The molecule has 1 saturated carbocycles. The third-order valence-electron chi connectivity index (χ3n) is 3.90. The first-order valence-electron chi connectivity index (χ1n) is 7.60. The van der Waals surface area contributed by atoms with Crippen LogP contribution >= 0.6 is 0 Å². The van der Waals surface area contributed by atoms with Crippen molar-refractivity contribution in [3.8, 4) is 0 Å². The molecule has 0 spiro atoms. The number of rotatable bonds is 5. The fourth-order valence-electron chi connectivity index (χ4n) is 2.67. The maximum Gasteiger partial charge on any atom is 0.255 e. The van der Waals surface area contributed by atoms with E-state index in [1.165, 1.54) is 6.20 Å². The number of anilines is 1. The summed E-state index contributed by atoms with van der Waals surface area (Å²) in [6.07, 6.45) is 6.76. The van der Waals surface area contributed by atoms with E-state index in [0.717, 1.165) is 25.7 Å². The van der Waals surface area contributed by atoms with Gasteiger partial charge in [0, 0.05) is 43.1 Å². The summed E-state index contributed by atoms with van der Waals surface area (Å²) in [5, 5.41) is 5.96. The minimum Gasteiger partial charge on any atom is -0.398 e. The molecule has 6 N–H and O–H groups in total. The number of amides is 2. The molecule has 0 aromatic carbocycles.